The molecule has 24 heavy (non-hydrogen) atoms. The largest absolute Gasteiger partial charge is 0.356 e. The lowest BCUT2D eigenvalue weighted by molar-refractivity contribution is 0.444. The van der Waals surface area contributed by atoms with Gasteiger partial charge in [0.05, 0.1) is 0 Å². The molecule has 0 spiro atoms. The molecule has 1 aliphatic rings. The first-order valence-electron chi connectivity index (χ1n) is 8.37. The van der Waals surface area contributed by atoms with Crippen LogP contribution in [0.4, 0.5) is 11.8 Å². The van der Waals surface area contributed by atoms with Crippen LogP contribution in [0.15, 0.2) is 30.5 Å². The molecule has 0 bridgehead atoms. The molecule has 2 heterocycles. The number of halogens is 2. The topological polar surface area (TPSA) is 41.1 Å². The van der Waals surface area contributed by atoms with E-state index in [2.05, 4.69) is 27.1 Å². The summed E-state index contributed by atoms with van der Waals surface area (Å²) >= 11 is 12.1. The van der Waals surface area contributed by atoms with Crippen molar-refractivity contribution in [3.63, 3.8) is 0 Å². The number of anilines is 2. The van der Waals surface area contributed by atoms with Crippen LogP contribution in [0.25, 0.3) is 0 Å². The summed E-state index contributed by atoms with van der Waals surface area (Å²) in [6, 6.07) is 7.57. The average Bonchev–Trinajstić information content (AvgIpc) is 2.57. The number of hydrogen-bond donors (Lipinski definition) is 1. The molecule has 0 aliphatic carbocycles. The molecule has 1 N–H and O–H groups in total. The quantitative estimate of drug-likeness (QED) is 0.836. The maximum absolute atomic E-state index is 6.20. The van der Waals surface area contributed by atoms with Gasteiger partial charge in [-0.15, -0.1) is 0 Å². The second-order valence-corrected chi connectivity index (χ2v) is 7.19. The van der Waals surface area contributed by atoms with Gasteiger partial charge >= 0.3 is 0 Å². The van der Waals surface area contributed by atoms with Gasteiger partial charge in [-0.25, -0.2) is 4.98 Å². The Morgan fingerprint density at radius 2 is 2.17 bits per heavy atom. The number of benzene rings is 1. The van der Waals surface area contributed by atoms with E-state index >= 15 is 0 Å². The van der Waals surface area contributed by atoms with Crippen LogP contribution in [0.3, 0.4) is 0 Å². The average molecular weight is 365 g/mol. The van der Waals surface area contributed by atoms with Crippen LogP contribution in [0, 0.1) is 5.92 Å². The van der Waals surface area contributed by atoms with Crippen LogP contribution in [0.1, 0.15) is 25.3 Å². The van der Waals surface area contributed by atoms with Crippen LogP contribution in [-0.4, -0.2) is 29.6 Å². The lowest BCUT2D eigenvalue weighted by Crippen LogP contribution is -2.34. The van der Waals surface area contributed by atoms with Crippen LogP contribution in [0.5, 0.6) is 0 Å². The van der Waals surface area contributed by atoms with E-state index in [0.717, 1.165) is 43.4 Å². The fourth-order valence-electron chi connectivity index (χ4n) is 3.04. The van der Waals surface area contributed by atoms with Crippen molar-refractivity contribution in [3.8, 4) is 0 Å². The maximum Gasteiger partial charge on any atom is 0.224 e. The summed E-state index contributed by atoms with van der Waals surface area (Å²) in [5.74, 6) is 2.39. The van der Waals surface area contributed by atoms with Crippen LogP contribution in [-0.2, 0) is 6.42 Å². The summed E-state index contributed by atoms with van der Waals surface area (Å²) in [6.07, 6.45) is 5.14. The SMILES string of the molecule is CC1CCCN(c2ccnc(NCCc3ccc(Cl)cc3Cl)n2)C1. The minimum absolute atomic E-state index is 0.656. The van der Waals surface area contributed by atoms with Crippen molar-refractivity contribution in [2.45, 2.75) is 26.2 Å². The summed E-state index contributed by atoms with van der Waals surface area (Å²) in [7, 11) is 0. The molecule has 1 unspecified atom stereocenters. The van der Waals surface area contributed by atoms with Crippen molar-refractivity contribution < 1.29 is 0 Å². The Balaban J connectivity index is 1.58. The Kier molecular flexibility index (Phi) is 5.80. The van der Waals surface area contributed by atoms with E-state index in [1.165, 1.54) is 12.8 Å². The molecule has 0 radical (unpaired) electrons. The first-order chi connectivity index (χ1) is 11.6. The van der Waals surface area contributed by atoms with Gasteiger partial charge in [-0.05, 0) is 48.9 Å². The third kappa shape index (κ3) is 4.52. The molecule has 6 heteroatoms. The lowest BCUT2D eigenvalue weighted by atomic mass is 10.0. The molecule has 0 amide bonds. The van der Waals surface area contributed by atoms with Gasteiger partial charge in [-0.1, -0.05) is 36.2 Å². The highest BCUT2D eigenvalue weighted by Gasteiger charge is 2.17. The molecule has 1 aliphatic heterocycles. The second-order valence-electron chi connectivity index (χ2n) is 6.34. The molecule has 1 aromatic carbocycles. The van der Waals surface area contributed by atoms with Gasteiger partial charge in [0.15, 0.2) is 0 Å². The van der Waals surface area contributed by atoms with Crippen LogP contribution < -0.4 is 10.2 Å². The monoisotopic (exact) mass is 364 g/mol. The first kappa shape index (κ1) is 17.3. The van der Waals surface area contributed by atoms with Crippen molar-refractivity contribution in [2.75, 3.05) is 29.9 Å². The van der Waals surface area contributed by atoms with E-state index in [4.69, 9.17) is 23.2 Å². The van der Waals surface area contributed by atoms with E-state index in [1.54, 1.807) is 6.07 Å². The molecule has 3 rings (SSSR count). The highest BCUT2D eigenvalue weighted by atomic mass is 35.5. The number of piperidine rings is 1. The predicted octanol–water partition coefficient (Wildman–Crippen LogP) is 4.67. The van der Waals surface area contributed by atoms with Crippen molar-refractivity contribution in [3.05, 3.63) is 46.1 Å². The molecule has 1 saturated heterocycles. The fourth-order valence-corrected chi connectivity index (χ4v) is 3.54. The zero-order chi connectivity index (χ0) is 16.9. The summed E-state index contributed by atoms with van der Waals surface area (Å²) in [5, 5.41) is 4.64. The lowest BCUT2D eigenvalue weighted by Gasteiger charge is -2.31. The molecular formula is C18H22Cl2N4. The van der Waals surface area contributed by atoms with Gasteiger partial charge in [0.25, 0.3) is 0 Å². The number of rotatable bonds is 5. The molecule has 1 fully saturated rings. The van der Waals surface area contributed by atoms with Crippen molar-refractivity contribution in [1.82, 2.24) is 9.97 Å². The maximum atomic E-state index is 6.20. The molecule has 1 atom stereocenters. The fraction of sp³-hybridized carbons (Fsp3) is 0.444. The molecule has 1 aromatic heterocycles. The number of nitrogens with one attached hydrogen (secondary N) is 1. The van der Waals surface area contributed by atoms with Gasteiger partial charge in [-0.2, -0.15) is 4.98 Å². The number of aromatic nitrogens is 2. The zero-order valence-electron chi connectivity index (χ0n) is 13.8. The Labute approximate surface area is 153 Å². The molecular weight excluding hydrogens is 343 g/mol. The smallest absolute Gasteiger partial charge is 0.224 e. The third-order valence-corrected chi connectivity index (χ3v) is 4.90. The van der Waals surface area contributed by atoms with E-state index in [9.17, 15) is 0 Å². The zero-order valence-corrected chi connectivity index (χ0v) is 15.3. The molecule has 128 valence electrons. The Morgan fingerprint density at radius 1 is 1.29 bits per heavy atom. The molecule has 0 saturated carbocycles. The van der Waals surface area contributed by atoms with Crippen LogP contribution >= 0.6 is 23.2 Å². The summed E-state index contributed by atoms with van der Waals surface area (Å²) in [6.45, 7) is 5.15. The van der Waals surface area contributed by atoms with E-state index in [1.807, 2.05) is 24.4 Å². The van der Waals surface area contributed by atoms with E-state index in [0.29, 0.717) is 16.0 Å². The predicted molar refractivity (Wildman–Crippen MR) is 101 cm³/mol. The minimum atomic E-state index is 0.656. The third-order valence-electron chi connectivity index (χ3n) is 4.31. The number of hydrogen-bond acceptors (Lipinski definition) is 4. The van der Waals surface area contributed by atoms with E-state index < -0.39 is 0 Å². The highest BCUT2D eigenvalue weighted by Crippen LogP contribution is 2.23. The highest BCUT2D eigenvalue weighted by molar-refractivity contribution is 6.35. The van der Waals surface area contributed by atoms with E-state index in [-0.39, 0.29) is 0 Å². The Bertz CT molecular complexity index is 692. The summed E-state index contributed by atoms with van der Waals surface area (Å²) < 4.78 is 0. The van der Waals surface area contributed by atoms with Gasteiger partial charge in [0.1, 0.15) is 5.82 Å². The first-order valence-corrected chi connectivity index (χ1v) is 9.13. The normalized spacial score (nSPS) is 17.8. The standard InChI is InChI=1S/C18H22Cl2N4/c1-13-3-2-10-24(12-13)17-7-9-22-18(23-17)21-8-6-14-4-5-15(19)11-16(14)20/h4-5,7,9,11,13H,2-3,6,8,10,12H2,1H3,(H,21,22,23). The Morgan fingerprint density at radius 3 is 2.96 bits per heavy atom. The molecule has 4 nitrogen and oxygen atoms in total. The minimum Gasteiger partial charge on any atom is -0.356 e. The van der Waals surface area contributed by atoms with Crippen molar-refractivity contribution in [1.29, 1.82) is 0 Å². The summed E-state index contributed by atoms with van der Waals surface area (Å²) in [5.41, 5.74) is 1.06. The van der Waals surface area contributed by atoms with Gasteiger partial charge in [0, 0.05) is 35.9 Å². The molecule has 2 aromatic rings. The van der Waals surface area contributed by atoms with Crippen molar-refractivity contribution in [2.24, 2.45) is 5.92 Å². The van der Waals surface area contributed by atoms with Gasteiger partial charge in [0.2, 0.25) is 5.95 Å². The van der Waals surface area contributed by atoms with Gasteiger partial charge in [-0.3, -0.25) is 0 Å². The summed E-state index contributed by atoms with van der Waals surface area (Å²) in [4.78, 5) is 11.3. The van der Waals surface area contributed by atoms with Crippen LogP contribution in [0.2, 0.25) is 10.0 Å². The van der Waals surface area contributed by atoms with Crippen molar-refractivity contribution >= 4 is 35.0 Å². The second kappa shape index (κ2) is 8.04. The van der Waals surface area contributed by atoms with Gasteiger partial charge < -0.3 is 10.2 Å². The number of nitrogens with zero attached hydrogens (tertiary/aromatic N) is 3. The Hall–Kier alpha value is -1.52.